The Morgan fingerprint density at radius 1 is 0.175 bits per heavy atom. The molecule has 0 aromatic carbocycles. The van der Waals surface area contributed by atoms with E-state index in [-0.39, 0.29) is 0 Å². The molecule has 0 unspecified atom stereocenters. The zero-order valence-electron chi connectivity index (χ0n) is 54.4. The predicted octanol–water partition coefficient (Wildman–Crippen LogP) is 15.8. The molecule has 15 aliphatic rings. The predicted molar refractivity (Wildman–Crippen MR) is 346 cm³/mol. The van der Waals surface area contributed by atoms with E-state index in [2.05, 4.69) is 97.9 Å². The normalized spacial score (nSPS) is 45.0. The first-order valence-electron chi connectivity index (χ1n) is 37.0. The summed E-state index contributed by atoms with van der Waals surface area (Å²) in [5.74, 6) is 7.22. The van der Waals surface area contributed by atoms with Crippen LogP contribution in [-0.4, -0.2) is 97.2 Å². The van der Waals surface area contributed by atoms with Gasteiger partial charge in [0.05, 0.1) is 0 Å². The highest BCUT2D eigenvalue weighted by molar-refractivity contribution is 4.96. The summed E-state index contributed by atoms with van der Waals surface area (Å²) >= 11 is 0. The summed E-state index contributed by atoms with van der Waals surface area (Å²) in [5.41, 5.74) is 0. The number of fused-ring (bicyclic) bond motifs is 7. The van der Waals surface area contributed by atoms with Gasteiger partial charge in [-0.15, -0.1) is 0 Å². The van der Waals surface area contributed by atoms with Crippen molar-refractivity contribution in [2.24, 2.45) is 41.4 Å². The minimum Gasteiger partial charge on any atom is -0.314 e. The maximum absolute atomic E-state index is 3.66. The minimum absolute atomic E-state index is 0.762. The van der Waals surface area contributed by atoms with E-state index in [1.54, 1.807) is 0 Å². The maximum Gasteiger partial charge on any atom is 0.00983 e. The minimum atomic E-state index is 0.762. The van der Waals surface area contributed by atoms with Crippen LogP contribution < -0.4 is 42.5 Å². The first kappa shape index (κ1) is 65.7. The molecule has 0 radical (unpaired) electrons. The van der Waals surface area contributed by atoms with Gasteiger partial charge in [-0.25, -0.2) is 0 Å². The molecular weight excluding hydrogens is 977 g/mol. The Labute approximate surface area is 497 Å². The average molecular weight is 1120 g/mol. The van der Waals surface area contributed by atoms with Crippen LogP contribution in [0.3, 0.4) is 0 Å². The van der Waals surface area contributed by atoms with Crippen LogP contribution in [0.1, 0.15) is 319 Å². The SMILES string of the molecule is C[C@@H]1CCCCCCCN1.C[C@@H]1C[C@@H]2CCCC[C@@H]2N1.C[C@@H]1C[C@@H]2CCCC[C@H]2N1.C[C@@H]1C[C@H]2CCCC[C@@H]2N1.C[C@H]1C[C@@H]2CCCC[C@@H]2N1.C[C@H]1C[C@@H]2CCCC[C@H]2N1.C[C@H]1C[C@H]2CCCC[C@@H]2N1.C[C@H]1C[C@H]2CCCC[C@H]2N1. The second-order valence-electron chi connectivity index (χ2n) is 31.1. The Kier molecular flexibility index (Phi) is 29.1. The molecule has 80 heavy (non-hydrogen) atoms. The fourth-order valence-electron chi connectivity index (χ4n) is 19.7. The van der Waals surface area contributed by atoms with Gasteiger partial charge in [-0.3, -0.25) is 0 Å². The number of nitrogens with one attached hydrogen (secondary N) is 8. The van der Waals surface area contributed by atoms with Crippen molar-refractivity contribution >= 4 is 0 Å². The molecule has 0 aromatic heterocycles. The lowest BCUT2D eigenvalue weighted by atomic mass is 9.85. The summed E-state index contributed by atoms with van der Waals surface area (Å²) in [6, 6.07) is 12.6. The second kappa shape index (κ2) is 35.5. The van der Waals surface area contributed by atoms with Gasteiger partial charge in [-0.1, -0.05) is 116 Å². The Bertz CT molecular complexity index is 1230. The quantitative estimate of drug-likeness (QED) is 0.122. The van der Waals surface area contributed by atoms with Gasteiger partial charge in [0.2, 0.25) is 0 Å². The number of hydrogen-bond acceptors (Lipinski definition) is 8. The molecule has 15 rings (SSSR count). The highest BCUT2D eigenvalue weighted by Gasteiger charge is 2.38. The number of rotatable bonds is 0. The summed E-state index contributed by atoms with van der Waals surface area (Å²) in [4.78, 5) is 0. The lowest BCUT2D eigenvalue weighted by molar-refractivity contribution is 0.325. The zero-order valence-corrected chi connectivity index (χ0v) is 54.4. The molecule has 15 fully saturated rings. The van der Waals surface area contributed by atoms with Gasteiger partial charge in [0, 0.05) is 90.6 Å². The third kappa shape index (κ3) is 22.1. The fourth-order valence-corrected chi connectivity index (χ4v) is 19.7. The van der Waals surface area contributed by atoms with Crippen molar-refractivity contribution in [2.45, 2.75) is 409 Å². The van der Waals surface area contributed by atoms with Gasteiger partial charge in [0.15, 0.2) is 0 Å². The van der Waals surface area contributed by atoms with Gasteiger partial charge in [-0.05, 0) is 251 Å². The van der Waals surface area contributed by atoms with Crippen molar-refractivity contribution in [3.8, 4) is 0 Å². The van der Waals surface area contributed by atoms with Crippen molar-refractivity contribution in [1.82, 2.24) is 42.5 Å². The van der Waals surface area contributed by atoms with E-state index in [1.807, 2.05) is 0 Å². The van der Waals surface area contributed by atoms with Gasteiger partial charge in [0.1, 0.15) is 0 Å². The van der Waals surface area contributed by atoms with Crippen LogP contribution in [0.5, 0.6) is 0 Å². The molecule has 8 heterocycles. The average Bonchev–Trinajstić information content (AvgIpc) is 4.34. The van der Waals surface area contributed by atoms with Crippen LogP contribution in [0.2, 0.25) is 0 Å². The zero-order chi connectivity index (χ0) is 56.1. The summed E-state index contributed by atoms with van der Waals surface area (Å²) < 4.78 is 0. The Balaban J connectivity index is 0.000000120. The largest absolute Gasteiger partial charge is 0.314 e. The van der Waals surface area contributed by atoms with E-state index < -0.39 is 0 Å². The van der Waals surface area contributed by atoms with Gasteiger partial charge in [0.25, 0.3) is 0 Å². The van der Waals surface area contributed by atoms with Crippen molar-refractivity contribution in [1.29, 1.82) is 0 Å². The summed E-state index contributed by atoms with van der Waals surface area (Å²) in [5, 5.41) is 29.1. The smallest absolute Gasteiger partial charge is 0.00983 e. The molecule has 8 aliphatic heterocycles. The molecule has 0 bridgehead atoms. The fraction of sp³-hybridized carbons (Fsp3) is 1.00. The molecule has 0 aromatic rings. The van der Waals surface area contributed by atoms with Crippen LogP contribution in [0.4, 0.5) is 0 Å². The van der Waals surface area contributed by atoms with Gasteiger partial charge >= 0.3 is 0 Å². The van der Waals surface area contributed by atoms with Gasteiger partial charge in [-0.2, -0.15) is 0 Å². The van der Waals surface area contributed by atoms with Crippen molar-refractivity contribution in [3.63, 3.8) is 0 Å². The molecule has 8 nitrogen and oxygen atoms in total. The first-order valence-corrected chi connectivity index (χ1v) is 37.0. The molecule has 7 saturated carbocycles. The van der Waals surface area contributed by atoms with E-state index in [0.29, 0.717) is 0 Å². The highest BCUT2D eigenvalue weighted by Crippen LogP contribution is 2.38. The van der Waals surface area contributed by atoms with Crippen LogP contribution >= 0.6 is 0 Å². The number of hydrogen-bond donors (Lipinski definition) is 8. The molecular formula is C72H138N8. The molecule has 0 amide bonds. The Hall–Kier alpha value is -0.320. The highest BCUT2D eigenvalue weighted by atomic mass is 15.0. The molecule has 8 heteroatoms. The van der Waals surface area contributed by atoms with Crippen LogP contribution in [0.15, 0.2) is 0 Å². The third-order valence-electron chi connectivity index (χ3n) is 23.8. The second-order valence-corrected chi connectivity index (χ2v) is 31.1. The summed E-state index contributed by atoms with van der Waals surface area (Å²) in [6.45, 7) is 19.8. The van der Waals surface area contributed by atoms with Crippen molar-refractivity contribution in [2.75, 3.05) is 6.54 Å². The molecule has 466 valence electrons. The molecule has 22 atom stereocenters. The maximum atomic E-state index is 3.66. The van der Waals surface area contributed by atoms with Crippen LogP contribution in [-0.2, 0) is 0 Å². The third-order valence-corrected chi connectivity index (χ3v) is 23.8. The first-order chi connectivity index (χ1) is 38.9. The Morgan fingerprint density at radius 2 is 0.350 bits per heavy atom. The van der Waals surface area contributed by atoms with Crippen LogP contribution in [0.25, 0.3) is 0 Å². The standard InChI is InChI=1S/7C9H17N.C9H19N/c7*1-7-6-8-4-2-3-5-9(8)10-7;1-9-7-5-3-2-4-6-8-10-9/h7*7-10H,2-6H2,1H3;9-10H,2-8H2,1H3/t2*7-,8+,9+;2*7-,8+,9-;2*7-,8-,9+;7-,8-,9-;9-/m10101001/s1. The van der Waals surface area contributed by atoms with E-state index >= 15 is 0 Å². The molecule has 0 spiro atoms. The summed E-state index contributed by atoms with van der Waals surface area (Å²) in [6.07, 6.45) is 59.6. The van der Waals surface area contributed by atoms with E-state index in [1.165, 1.54) is 270 Å². The van der Waals surface area contributed by atoms with Crippen molar-refractivity contribution in [3.05, 3.63) is 0 Å². The van der Waals surface area contributed by atoms with E-state index in [0.717, 1.165) is 132 Å². The molecule has 7 aliphatic carbocycles. The monoisotopic (exact) mass is 1120 g/mol. The van der Waals surface area contributed by atoms with Crippen molar-refractivity contribution < 1.29 is 0 Å². The lowest BCUT2D eigenvalue weighted by Crippen LogP contribution is -2.31. The van der Waals surface area contributed by atoms with Crippen LogP contribution in [0, 0.1) is 41.4 Å². The van der Waals surface area contributed by atoms with Gasteiger partial charge < -0.3 is 42.5 Å². The molecule has 8 saturated heterocycles. The lowest BCUT2D eigenvalue weighted by Gasteiger charge is -2.24. The summed E-state index contributed by atoms with van der Waals surface area (Å²) in [7, 11) is 0. The topological polar surface area (TPSA) is 96.2 Å². The van der Waals surface area contributed by atoms with E-state index in [9.17, 15) is 0 Å². The Morgan fingerprint density at radius 3 is 0.562 bits per heavy atom. The van der Waals surface area contributed by atoms with E-state index in [4.69, 9.17) is 0 Å². The molecule has 8 N–H and O–H groups in total.